The molecule has 0 spiro atoms. The van der Waals surface area contributed by atoms with Crippen molar-refractivity contribution < 1.29 is 14.6 Å². The van der Waals surface area contributed by atoms with Crippen LogP contribution >= 0.6 is 0 Å². The summed E-state index contributed by atoms with van der Waals surface area (Å²) in [4.78, 5) is 16.7. The number of aromatic nitrogens is 1. The molecule has 0 unspecified atom stereocenters. The number of pyridine rings is 1. The maximum absolute atomic E-state index is 12.4. The number of aryl methyl sites for hydroxylation is 1. The van der Waals surface area contributed by atoms with E-state index in [1.54, 1.807) is 33.2 Å². The van der Waals surface area contributed by atoms with Gasteiger partial charge in [0.25, 0.3) is 5.91 Å². The van der Waals surface area contributed by atoms with Gasteiger partial charge in [0.2, 0.25) is 0 Å². The molecular weight excluding hydrogens is 444 g/mol. The number of benzene rings is 1. The van der Waals surface area contributed by atoms with Crippen molar-refractivity contribution in [1.29, 1.82) is 0 Å². The Hall–Kier alpha value is -3.17. The van der Waals surface area contributed by atoms with Crippen LogP contribution in [0.4, 0.5) is 0 Å². The molecule has 1 aliphatic carbocycles. The number of amides is 1. The molecule has 35 heavy (non-hydrogen) atoms. The number of nitrogens with two attached hydrogens (primary N) is 2. The van der Waals surface area contributed by atoms with Gasteiger partial charge in [0.1, 0.15) is 11.4 Å². The minimum atomic E-state index is -0.430. The Morgan fingerprint density at radius 1 is 1.26 bits per heavy atom. The van der Waals surface area contributed by atoms with Gasteiger partial charge in [-0.25, -0.2) is 15.9 Å². The number of amidine groups is 1. The Bertz CT molecular complexity index is 995. The fourth-order valence-corrected chi connectivity index (χ4v) is 4.02. The number of hydrazine groups is 1. The Labute approximate surface area is 208 Å². The first kappa shape index (κ1) is 28.1. The van der Waals surface area contributed by atoms with E-state index in [2.05, 4.69) is 15.4 Å². The number of hydrogen-bond acceptors (Lipinski definition) is 7. The van der Waals surface area contributed by atoms with Gasteiger partial charge < -0.3 is 20.9 Å². The van der Waals surface area contributed by atoms with Gasteiger partial charge >= 0.3 is 0 Å². The third-order valence-electron chi connectivity index (χ3n) is 5.94. The summed E-state index contributed by atoms with van der Waals surface area (Å²) in [5.41, 5.74) is 7.87. The quantitative estimate of drug-likeness (QED) is 0.205. The van der Waals surface area contributed by atoms with E-state index >= 15 is 0 Å². The molecule has 192 valence electrons. The van der Waals surface area contributed by atoms with Gasteiger partial charge in [0.15, 0.2) is 5.84 Å². The van der Waals surface area contributed by atoms with Crippen molar-refractivity contribution in [1.82, 2.24) is 15.4 Å². The maximum atomic E-state index is 12.4. The number of carbonyl (C=O) groups excluding carboxylic acids is 1. The second-order valence-electron chi connectivity index (χ2n) is 9.46. The molecule has 2 aromatic rings. The summed E-state index contributed by atoms with van der Waals surface area (Å²) < 4.78 is 5.17. The SMILES string of the molecule is CC(C)(O)C1CCCCC1.COc1cccc(CNC(=O)c2cc(/C(N)=N/N(C)N)cc(C)n2)c1. The molecule has 1 aromatic carbocycles. The lowest BCUT2D eigenvalue weighted by Gasteiger charge is -2.32. The minimum absolute atomic E-state index is 0.206. The highest BCUT2D eigenvalue weighted by Gasteiger charge is 2.27. The van der Waals surface area contributed by atoms with Crippen molar-refractivity contribution in [3.8, 4) is 5.75 Å². The van der Waals surface area contributed by atoms with Gasteiger partial charge in [-0.3, -0.25) is 4.79 Å². The van der Waals surface area contributed by atoms with Crippen molar-refractivity contribution in [2.24, 2.45) is 22.6 Å². The van der Waals surface area contributed by atoms with Gasteiger partial charge in [0.05, 0.1) is 12.7 Å². The Morgan fingerprint density at radius 2 is 1.94 bits per heavy atom. The number of aliphatic hydroxyl groups is 1. The Morgan fingerprint density at radius 3 is 2.51 bits per heavy atom. The molecule has 0 aliphatic heterocycles. The van der Waals surface area contributed by atoms with E-state index < -0.39 is 5.60 Å². The van der Waals surface area contributed by atoms with Gasteiger partial charge in [-0.1, -0.05) is 31.4 Å². The van der Waals surface area contributed by atoms with Crippen LogP contribution in [0.25, 0.3) is 0 Å². The van der Waals surface area contributed by atoms with Crippen LogP contribution in [0.15, 0.2) is 41.5 Å². The summed E-state index contributed by atoms with van der Waals surface area (Å²) in [6.45, 7) is 6.00. The predicted octanol–water partition coefficient (Wildman–Crippen LogP) is 3.09. The summed E-state index contributed by atoms with van der Waals surface area (Å²) in [6.07, 6.45) is 6.45. The molecule has 0 bridgehead atoms. The van der Waals surface area contributed by atoms with Crippen molar-refractivity contribution >= 4 is 11.7 Å². The zero-order valence-electron chi connectivity index (χ0n) is 21.5. The maximum Gasteiger partial charge on any atom is 0.270 e. The molecule has 1 aromatic heterocycles. The summed E-state index contributed by atoms with van der Waals surface area (Å²) in [5, 5.41) is 17.5. The molecule has 0 atom stereocenters. The molecule has 1 heterocycles. The van der Waals surface area contributed by atoms with Crippen molar-refractivity contribution in [3.63, 3.8) is 0 Å². The number of nitrogens with one attached hydrogen (secondary N) is 1. The highest BCUT2D eigenvalue weighted by atomic mass is 16.5. The normalized spacial score (nSPS) is 14.5. The van der Waals surface area contributed by atoms with Crippen molar-refractivity contribution in [2.75, 3.05) is 14.2 Å². The second kappa shape index (κ2) is 13.1. The Kier molecular flexibility index (Phi) is 10.5. The molecule has 6 N–H and O–H groups in total. The lowest BCUT2D eigenvalue weighted by atomic mass is 9.79. The number of ether oxygens (including phenoxy) is 1. The summed E-state index contributed by atoms with van der Waals surface area (Å²) in [5.74, 6) is 6.66. The highest BCUT2D eigenvalue weighted by Crippen LogP contribution is 2.31. The monoisotopic (exact) mass is 484 g/mol. The van der Waals surface area contributed by atoms with Crippen LogP contribution < -0.4 is 21.6 Å². The van der Waals surface area contributed by atoms with E-state index in [-0.39, 0.29) is 17.4 Å². The van der Waals surface area contributed by atoms with E-state index in [1.807, 2.05) is 38.1 Å². The summed E-state index contributed by atoms with van der Waals surface area (Å²) in [6, 6.07) is 10.8. The van der Waals surface area contributed by atoms with Crippen molar-refractivity contribution in [3.05, 3.63) is 58.9 Å². The Balaban J connectivity index is 0.000000360. The molecule has 9 heteroatoms. The van der Waals surface area contributed by atoms with Crippen molar-refractivity contribution in [2.45, 2.75) is 65.0 Å². The standard InChI is InChI=1S/C17H22N6O2.C9H18O/c1-11-7-13(16(18)22-23(2)19)9-15(21-11)17(24)20-10-12-5-4-6-14(8-12)25-3;1-9(2,10)8-6-4-3-5-7-8/h4-9H,10,19H2,1-3H3,(H2,18,22)(H,20,24);8,10H,3-7H2,1-2H3. The number of hydrazone groups is 1. The van der Waals surface area contributed by atoms with E-state index in [1.165, 1.54) is 32.1 Å². The van der Waals surface area contributed by atoms with Gasteiger partial charge in [-0.15, -0.1) is 5.10 Å². The van der Waals surface area contributed by atoms with Crippen LogP contribution in [-0.2, 0) is 6.54 Å². The van der Waals surface area contributed by atoms with Gasteiger partial charge in [-0.05, 0) is 69.4 Å². The van der Waals surface area contributed by atoms with E-state index in [0.717, 1.165) is 16.4 Å². The molecule has 1 fully saturated rings. The van der Waals surface area contributed by atoms with Crippen LogP contribution in [0.3, 0.4) is 0 Å². The zero-order chi connectivity index (χ0) is 26.0. The molecule has 1 amide bonds. The predicted molar refractivity (Wildman–Crippen MR) is 139 cm³/mol. The largest absolute Gasteiger partial charge is 0.497 e. The fourth-order valence-electron chi connectivity index (χ4n) is 4.02. The van der Waals surface area contributed by atoms with E-state index in [4.69, 9.17) is 16.3 Å². The molecule has 3 rings (SSSR count). The zero-order valence-corrected chi connectivity index (χ0v) is 21.5. The van der Waals surface area contributed by atoms with Crippen LogP contribution in [-0.4, -0.2) is 46.7 Å². The van der Waals surface area contributed by atoms with E-state index in [0.29, 0.717) is 23.7 Å². The topological polar surface area (TPSA) is 139 Å². The van der Waals surface area contributed by atoms with Gasteiger partial charge in [0, 0.05) is 24.8 Å². The average Bonchev–Trinajstić information content (AvgIpc) is 2.82. The lowest BCUT2D eigenvalue weighted by molar-refractivity contribution is 0.000830. The van der Waals surface area contributed by atoms with Crippen LogP contribution in [0.2, 0.25) is 0 Å². The first-order valence-corrected chi connectivity index (χ1v) is 11.9. The van der Waals surface area contributed by atoms with Crippen LogP contribution in [0.1, 0.15) is 73.3 Å². The van der Waals surface area contributed by atoms with E-state index in [9.17, 15) is 9.90 Å². The van der Waals surface area contributed by atoms with Crippen LogP contribution in [0.5, 0.6) is 5.75 Å². The first-order chi connectivity index (χ1) is 16.5. The van der Waals surface area contributed by atoms with Gasteiger partial charge in [-0.2, -0.15) is 0 Å². The molecule has 0 radical (unpaired) electrons. The molecule has 1 saturated carbocycles. The fraction of sp³-hybridized carbons (Fsp3) is 0.500. The smallest absolute Gasteiger partial charge is 0.270 e. The number of nitrogens with zero attached hydrogens (tertiary/aromatic N) is 3. The third-order valence-corrected chi connectivity index (χ3v) is 5.94. The third kappa shape index (κ3) is 9.54. The molecule has 1 aliphatic rings. The number of hydrogen-bond donors (Lipinski definition) is 4. The average molecular weight is 485 g/mol. The number of rotatable bonds is 7. The molecular formula is C26H40N6O3. The first-order valence-electron chi connectivity index (χ1n) is 11.9. The summed E-state index contributed by atoms with van der Waals surface area (Å²) in [7, 11) is 3.16. The minimum Gasteiger partial charge on any atom is -0.497 e. The highest BCUT2D eigenvalue weighted by molar-refractivity contribution is 6.00. The lowest BCUT2D eigenvalue weighted by Crippen LogP contribution is -2.32. The van der Waals surface area contributed by atoms with Crippen LogP contribution in [0, 0.1) is 12.8 Å². The second-order valence-corrected chi connectivity index (χ2v) is 9.46. The number of methoxy groups -OCH3 is 1. The number of carbonyl (C=O) groups is 1. The molecule has 9 nitrogen and oxygen atoms in total. The molecule has 0 saturated heterocycles. The summed E-state index contributed by atoms with van der Waals surface area (Å²) >= 11 is 0.